The molecule has 0 saturated carbocycles. The van der Waals surface area contributed by atoms with Crippen molar-refractivity contribution in [3.05, 3.63) is 0 Å². The van der Waals surface area contributed by atoms with Crippen molar-refractivity contribution in [2.75, 3.05) is 13.2 Å². The van der Waals surface area contributed by atoms with Gasteiger partial charge in [-0.15, -0.1) is 0 Å². The van der Waals surface area contributed by atoms with Crippen LogP contribution in [0.3, 0.4) is 0 Å². The van der Waals surface area contributed by atoms with Gasteiger partial charge in [0, 0.05) is 25.3 Å². The van der Waals surface area contributed by atoms with E-state index in [0.29, 0.717) is 6.10 Å². The highest BCUT2D eigenvalue weighted by atomic mass is 28.5. The standard InChI is InChI=1S/C16H42O3Si4.C15H40O4Si4.C10H28O3Si3.2CH4/c1-16(2)14-12-13-15-23(17-20(3,4)5,18-21(6,7)8)19-22(9,10)11;1-15(2)16-13-12-14-23(17-20(3,4)5,18-21(6,7)8)19-22(9,10)11;1-10(2)11-8-9-16(6,7)13-14-12-15(3,4)5;;/h16H,12-15H2,1-11H3;15H,12-14H2,1-11H3;10H,8-9,14H2,1-7H3;2*1H4. The molecule has 0 aromatic rings. The van der Waals surface area contributed by atoms with Gasteiger partial charge in [-0.1, -0.05) is 41.5 Å². The molecule has 0 spiro atoms. The first-order valence-corrected chi connectivity index (χ1v) is 55.9. The summed E-state index contributed by atoms with van der Waals surface area (Å²) in [6, 6.07) is 2.91. The smallest absolute Gasteiger partial charge is 0.441 e. The summed E-state index contributed by atoms with van der Waals surface area (Å²) in [4.78, 5) is 0. The van der Waals surface area contributed by atoms with Gasteiger partial charge in [0.05, 0.1) is 12.2 Å². The third kappa shape index (κ3) is 53.3. The fraction of sp³-hybridized carbons (Fsp3) is 1.00. The summed E-state index contributed by atoms with van der Waals surface area (Å²) >= 11 is 0. The minimum Gasteiger partial charge on any atom is -0.441 e. The quantitative estimate of drug-likeness (QED) is 0.0511. The number of hydrogen-bond acceptors (Lipinski definition) is 10. The van der Waals surface area contributed by atoms with E-state index in [0.717, 1.165) is 50.1 Å². The van der Waals surface area contributed by atoms with Crippen molar-refractivity contribution in [1.29, 1.82) is 0 Å². The summed E-state index contributed by atoms with van der Waals surface area (Å²) in [5.41, 5.74) is 0. The van der Waals surface area contributed by atoms with E-state index < -0.39 is 94.2 Å². The zero-order chi connectivity index (χ0) is 49.9. The average Bonchev–Trinajstić information content (AvgIpc) is 2.91. The number of rotatable bonds is 30. The van der Waals surface area contributed by atoms with Crippen molar-refractivity contribution in [2.24, 2.45) is 5.92 Å². The van der Waals surface area contributed by atoms with Crippen LogP contribution in [0.15, 0.2) is 0 Å². The van der Waals surface area contributed by atoms with Crippen LogP contribution in [0.25, 0.3) is 0 Å². The molecule has 0 aliphatic rings. The maximum Gasteiger partial charge on any atom is 0.469 e. The topological polar surface area (TPSA) is 92.3 Å². The maximum atomic E-state index is 6.69. The number of ether oxygens (including phenoxy) is 2. The Labute approximate surface area is 416 Å². The Morgan fingerprint density at radius 3 is 0.906 bits per heavy atom. The monoisotopic (exact) mass is 1100 g/mol. The van der Waals surface area contributed by atoms with Gasteiger partial charge >= 0.3 is 17.6 Å². The molecule has 64 heavy (non-hydrogen) atoms. The second kappa shape index (κ2) is 32.1. The fourth-order valence-electron chi connectivity index (χ4n) is 5.71. The minimum absolute atomic E-state index is 0. The predicted molar refractivity (Wildman–Crippen MR) is 313 cm³/mol. The Bertz CT molecular complexity index is 1000. The summed E-state index contributed by atoms with van der Waals surface area (Å²) in [6.07, 6.45) is 5.19. The van der Waals surface area contributed by atoms with Crippen LogP contribution >= 0.6 is 0 Å². The lowest BCUT2D eigenvalue weighted by atomic mass is 10.1. The van der Waals surface area contributed by atoms with Crippen molar-refractivity contribution < 1.29 is 42.4 Å². The summed E-state index contributed by atoms with van der Waals surface area (Å²) in [6.45, 7) is 65.8. The lowest BCUT2D eigenvalue weighted by Gasteiger charge is -2.43. The highest BCUT2D eigenvalue weighted by Gasteiger charge is 2.51. The first kappa shape index (κ1) is 74.9. The minimum atomic E-state index is -2.67. The lowest BCUT2D eigenvalue weighted by molar-refractivity contribution is 0.0771. The van der Waals surface area contributed by atoms with Crippen LogP contribution in [-0.2, 0) is 42.4 Å². The van der Waals surface area contributed by atoms with Gasteiger partial charge in [-0.3, -0.25) is 0 Å². The molecular formula is C43H118O10Si11. The zero-order valence-electron chi connectivity index (χ0n) is 46.9. The van der Waals surface area contributed by atoms with Gasteiger partial charge in [-0.2, -0.15) is 0 Å². The van der Waals surface area contributed by atoms with Crippen LogP contribution in [0.4, 0.5) is 0 Å². The third-order valence-electron chi connectivity index (χ3n) is 7.46. The van der Waals surface area contributed by atoms with Crippen molar-refractivity contribution in [1.82, 2.24) is 0 Å². The van der Waals surface area contributed by atoms with E-state index in [1.54, 1.807) is 0 Å². The molecule has 0 N–H and O–H groups in total. The third-order valence-corrected chi connectivity index (χ3v) is 40.5. The van der Waals surface area contributed by atoms with Gasteiger partial charge in [0.25, 0.3) is 10.0 Å². The molecule has 0 saturated heterocycles. The molecule has 0 radical (unpaired) electrons. The van der Waals surface area contributed by atoms with Crippen LogP contribution in [0.1, 0.15) is 82.1 Å². The molecule has 0 heterocycles. The summed E-state index contributed by atoms with van der Waals surface area (Å²) in [5, 5.41) is 0. The largest absolute Gasteiger partial charge is 0.469 e. The van der Waals surface area contributed by atoms with E-state index in [2.05, 4.69) is 192 Å². The Hall–Kier alpha value is 1.99. The van der Waals surface area contributed by atoms with Gasteiger partial charge in [-0.05, 0) is 203 Å². The zero-order valence-corrected chi connectivity index (χ0v) is 58.3. The van der Waals surface area contributed by atoms with Gasteiger partial charge < -0.3 is 42.4 Å². The van der Waals surface area contributed by atoms with E-state index in [4.69, 9.17) is 42.4 Å². The molecule has 394 valence electrons. The van der Waals surface area contributed by atoms with E-state index in [1.807, 2.05) is 0 Å². The first-order chi connectivity index (χ1) is 27.2. The second-order valence-corrected chi connectivity index (χ2v) is 70.0. The van der Waals surface area contributed by atoms with Gasteiger partial charge in [0.1, 0.15) is 0 Å². The molecule has 0 rings (SSSR count). The van der Waals surface area contributed by atoms with Crippen LogP contribution in [0.2, 0.25) is 169 Å². The summed E-state index contributed by atoms with van der Waals surface area (Å²) in [7, 11) is -19.4. The van der Waals surface area contributed by atoms with Gasteiger partial charge in [0.2, 0.25) is 0 Å². The van der Waals surface area contributed by atoms with E-state index in [1.165, 1.54) is 12.8 Å². The molecule has 0 aliphatic carbocycles. The molecule has 0 aliphatic heterocycles. The predicted octanol–water partition coefficient (Wildman–Crippen LogP) is 15.4. The normalized spacial score (nSPS) is 14.1. The number of hydrogen-bond donors (Lipinski definition) is 0. The Balaban J connectivity index is -0.000000273. The molecule has 21 heteroatoms. The Kier molecular flexibility index (Phi) is 37.6. The maximum absolute atomic E-state index is 6.69. The second-order valence-electron chi connectivity index (χ2n) is 25.3. The van der Waals surface area contributed by atoms with Gasteiger partial charge in [-0.25, -0.2) is 0 Å². The molecule has 10 nitrogen and oxygen atoms in total. The summed E-state index contributed by atoms with van der Waals surface area (Å²) in [5.74, 6) is 0.764. The molecule has 0 fully saturated rings. The van der Waals surface area contributed by atoms with Crippen LogP contribution < -0.4 is 0 Å². The van der Waals surface area contributed by atoms with Crippen molar-refractivity contribution in [2.45, 2.75) is 263 Å². The van der Waals surface area contributed by atoms with E-state index in [9.17, 15) is 0 Å². The van der Waals surface area contributed by atoms with Gasteiger partial charge in [0.15, 0.2) is 66.5 Å². The molecule has 0 atom stereocenters. The lowest BCUT2D eigenvalue weighted by Crippen LogP contribution is -2.60. The van der Waals surface area contributed by atoms with Crippen molar-refractivity contribution >= 4 is 94.2 Å². The van der Waals surface area contributed by atoms with Crippen molar-refractivity contribution in [3.8, 4) is 0 Å². The van der Waals surface area contributed by atoms with E-state index in [-0.39, 0.29) is 21.0 Å². The molecule has 0 aromatic heterocycles. The fourth-order valence-corrected chi connectivity index (χ4v) is 39.7. The highest BCUT2D eigenvalue weighted by Crippen LogP contribution is 2.32. The first-order valence-electron chi connectivity index (χ1n) is 23.9. The Morgan fingerprint density at radius 1 is 0.344 bits per heavy atom. The Morgan fingerprint density at radius 2 is 0.641 bits per heavy atom. The van der Waals surface area contributed by atoms with Crippen molar-refractivity contribution in [3.63, 3.8) is 0 Å². The SMILES string of the molecule is C.C.CC(C)CCCC[Si](O[Si](C)(C)C)(O[Si](C)(C)C)O[Si](C)(C)C.CC(C)OCCC[Si](O[Si](C)(C)C)(O[Si](C)(C)C)O[Si](C)(C)C.CC(C)OCC[Si](C)(C)O[SiH2]O[Si](C)(C)C. The molecule has 0 bridgehead atoms. The van der Waals surface area contributed by atoms with Crippen LogP contribution in [-0.4, -0.2) is 120 Å². The molecule has 0 unspecified atom stereocenters. The number of unbranched alkanes of at least 4 members (excludes halogenated alkanes) is 1. The van der Waals surface area contributed by atoms with E-state index >= 15 is 0 Å². The molecular weight excluding hydrogens is 985 g/mol. The average molecular weight is 1100 g/mol. The highest BCUT2D eigenvalue weighted by molar-refractivity contribution is 6.91. The molecule has 0 aromatic carbocycles. The van der Waals surface area contributed by atoms with Crippen LogP contribution in [0.5, 0.6) is 0 Å². The summed E-state index contributed by atoms with van der Waals surface area (Å²) < 4.78 is 63.1. The molecule has 0 amide bonds. The van der Waals surface area contributed by atoms with Crippen LogP contribution in [0, 0.1) is 5.92 Å².